The van der Waals surface area contributed by atoms with Crippen LogP contribution in [0.1, 0.15) is 0 Å². The summed E-state index contributed by atoms with van der Waals surface area (Å²) in [4.78, 5) is 0. The van der Waals surface area contributed by atoms with Gasteiger partial charge in [0.2, 0.25) is 0 Å². The van der Waals surface area contributed by atoms with Crippen LogP contribution in [0.5, 0.6) is 0 Å². The molecule has 0 heterocycles. The molecule has 0 rings (SSSR count). The fraction of sp³-hybridized carbons (Fsp3) is 1.00. The molecule has 4 heteroatoms. The summed E-state index contributed by atoms with van der Waals surface area (Å²) in [5.41, 5.74) is 0. The Morgan fingerprint density at radius 2 is 1.86 bits per heavy atom. The zero-order valence-corrected chi connectivity index (χ0v) is 4.69. The summed E-state index contributed by atoms with van der Waals surface area (Å²) in [5, 5.41) is 16.3. The van der Waals surface area contributed by atoms with E-state index in [1.54, 1.807) is 0 Å². The Balaban J connectivity index is 2.99. The standard InChI is InChI=1S/C3H7BO2S/c4-7-3(1-5)2-6/h3,5-6H,1-2H2. The molecular formula is C3H7BO2S. The van der Waals surface area contributed by atoms with Crippen molar-refractivity contribution in [3.05, 3.63) is 0 Å². The van der Waals surface area contributed by atoms with Gasteiger partial charge in [-0.2, -0.15) is 0 Å². The van der Waals surface area contributed by atoms with E-state index in [2.05, 4.69) is 0 Å². The van der Waals surface area contributed by atoms with E-state index in [-0.39, 0.29) is 18.5 Å². The number of hydrogen-bond donors (Lipinski definition) is 2. The quantitative estimate of drug-likeness (QED) is 0.474. The lowest BCUT2D eigenvalue weighted by atomic mass is 10.5. The van der Waals surface area contributed by atoms with Crippen molar-refractivity contribution in [3.63, 3.8) is 0 Å². The highest BCUT2D eigenvalue weighted by Crippen LogP contribution is 2.00. The van der Waals surface area contributed by atoms with Crippen LogP contribution >= 0.6 is 11.6 Å². The maximum atomic E-state index is 8.27. The molecule has 0 aromatic heterocycles. The zero-order valence-electron chi connectivity index (χ0n) is 3.87. The maximum Gasteiger partial charge on any atom is 0.162 e. The lowest BCUT2D eigenvalue weighted by Crippen LogP contribution is -2.12. The van der Waals surface area contributed by atoms with Crippen molar-refractivity contribution < 1.29 is 10.2 Å². The monoisotopic (exact) mass is 118 g/mol. The van der Waals surface area contributed by atoms with Gasteiger partial charge in [-0.25, -0.2) is 11.6 Å². The average molecular weight is 118 g/mol. The van der Waals surface area contributed by atoms with Gasteiger partial charge in [0, 0.05) is 5.25 Å². The van der Waals surface area contributed by atoms with E-state index in [0.717, 1.165) is 11.6 Å². The second kappa shape index (κ2) is 4.49. The second-order valence-electron chi connectivity index (χ2n) is 1.12. The molecule has 0 amide bonds. The summed E-state index contributed by atoms with van der Waals surface area (Å²) in [5.74, 6) is 0. The number of aliphatic hydroxyl groups is 2. The van der Waals surface area contributed by atoms with E-state index in [9.17, 15) is 0 Å². The SMILES string of the molecule is [B]SC(CO)CO. The molecule has 7 heavy (non-hydrogen) atoms. The first-order valence-electron chi connectivity index (χ1n) is 1.92. The van der Waals surface area contributed by atoms with Crippen molar-refractivity contribution in [3.8, 4) is 0 Å². The summed E-state index contributed by atoms with van der Waals surface area (Å²) in [6.45, 7) is -0.116. The van der Waals surface area contributed by atoms with Gasteiger partial charge in [0.1, 0.15) is 0 Å². The van der Waals surface area contributed by atoms with E-state index in [0.29, 0.717) is 0 Å². The summed E-state index contributed by atoms with van der Waals surface area (Å²) in [6.07, 6.45) is 0. The predicted octanol–water partition coefficient (Wildman–Crippen LogP) is -0.844. The lowest BCUT2D eigenvalue weighted by molar-refractivity contribution is 0.229. The second-order valence-corrected chi connectivity index (χ2v) is 2.06. The molecule has 0 aliphatic rings. The van der Waals surface area contributed by atoms with Crippen LogP contribution < -0.4 is 0 Å². The van der Waals surface area contributed by atoms with Crippen LogP contribution in [-0.4, -0.2) is 35.8 Å². The van der Waals surface area contributed by atoms with Crippen molar-refractivity contribution >= 4 is 18.7 Å². The molecule has 0 spiro atoms. The topological polar surface area (TPSA) is 40.5 Å². The number of rotatable bonds is 3. The maximum absolute atomic E-state index is 8.27. The average Bonchev–Trinajstić information content (AvgIpc) is 1.72. The van der Waals surface area contributed by atoms with Gasteiger partial charge in [0.15, 0.2) is 7.12 Å². The molecule has 0 aromatic rings. The fourth-order valence-electron chi connectivity index (χ4n) is 0.144. The highest BCUT2D eigenvalue weighted by atomic mass is 32.2. The van der Waals surface area contributed by atoms with Gasteiger partial charge in [-0.05, 0) is 0 Å². The van der Waals surface area contributed by atoms with Gasteiger partial charge >= 0.3 is 0 Å². The largest absolute Gasteiger partial charge is 0.395 e. The molecule has 0 saturated carbocycles. The molecule has 0 atom stereocenters. The molecule has 0 aliphatic carbocycles. The molecule has 2 radical (unpaired) electrons. The first kappa shape index (κ1) is 7.33. The number of hydrogen-bond acceptors (Lipinski definition) is 3. The van der Waals surface area contributed by atoms with Crippen LogP contribution in [-0.2, 0) is 0 Å². The van der Waals surface area contributed by atoms with E-state index in [1.807, 2.05) is 0 Å². The summed E-state index contributed by atoms with van der Waals surface area (Å²) >= 11 is 0.970. The summed E-state index contributed by atoms with van der Waals surface area (Å²) < 4.78 is 0. The van der Waals surface area contributed by atoms with E-state index < -0.39 is 0 Å². The van der Waals surface area contributed by atoms with Gasteiger partial charge in [0.05, 0.1) is 13.2 Å². The molecule has 0 bridgehead atoms. The lowest BCUT2D eigenvalue weighted by Gasteiger charge is -2.04. The normalized spacial score (nSPS) is 10.1. The highest BCUT2D eigenvalue weighted by Gasteiger charge is 1.98. The Morgan fingerprint density at radius 1 is 1.43 bits per heavy atom. The van der Waals surface area contributed by atoms with Crippen LogP contribution in [0.4, 0.5) is 0 Å². The van der Waals surface area contributed by atoms with Crippen LogP contribution in [0.25, 0.3) is 0 Å². The third kappa shape index (κ3) is 2.97. The van der Waals surface area contributed by atoms with Crippen LogP contribution in [0.2, 0.25) is 0 Å². The van der Waals surface area contributed by atoms with E-state index >= 15 is 0 Å². The van der Waals surface area contributed by atoms with Crippen molar-refractivity contribution in [1.29, 1.82) is 0 Å². The van der Waals surface area contributed by atoms with Gasteiger partial charge in [-0.1, -0.05) is 0 Å². The van der Waals surface area contributed by atoms with Crippen molar-refractivity contribution in [2.75, 3.05) is 13.2 Å². The third-order valence-corrected chi connectivity index (χ3v) is 1.28. The Bertz CT molecular complexity index is 34.4. The zero-order chi connectivity index (χ0) is 5.70. The molecule has 0 aromatic carbocycles. The van der Waals surface area contributed by atoms with Gasteiger partial charge in [0.25, 0.3) is 0 Å². The summed E-state index contributed by atoms with van der Waals surface area (Å²) in [6, 6.07) is 0. The molecule has 40 valence electrons. The van der Waals surface area contributed by atoms with Crippen LogP contribution in [0.3, 0.4) is 0 Å². The molecule has 2 nitrogen and oxygen atoms in total. The Morgan fingerprint density at radius 3 is 1.86 bits per heavy atom. The molecule has 0 saturated heterocycles. The Hall–Kier alpha value is 0.335. The van der Waals surface area contributed by atoms with Crippen LogP contribution in [0, 0.1) is 0 Å². The minimum atomic E-state index is -0.208. The molecule has 2 N–H and O–H groups in total. The van der Waals surface area contributed by atoms with Gasteiger partial charge in [-0.15, -0.1) is 0 Å². The molecule has 0 fully saturated rings. The fourth-order valence-corrected chi connectivity index (χ4v) is 0.316. The van der Waals surface area contributed by atoms with Crippen molar-refractivity contribution in [1.82, 2.24) is 0 Å². The van der Waals surface area contributed by atoms with Gasteiger partial charge in [-0.3, -0.25) is 0 Å². The minimum Gasteiger partial charge on any atom is -0.395 e. The van der Waals surface area contributed by atoms with E-state index in [1.165, 1.54) is 0 Å². The van der Waals surface area contributed by atoms with Gasteiger partial charge < -0.3 is 10.2 Å². The smallest absolute Gasteiger partial charge is 0.162 e. The first-order valence-corrected chi connectivity index (χ1v) is 2.86. The molecular weight excluding hydrogens is 111 g/mol. The highest BCUT2D eigenvalue weighted by molar-refractivity contribution is 8.20. The van der Waals surface area contributed by atoms with E-state index in [4.69, 9.17) is 17.3 Å². The summed E-state index contributed by atoms with van der Waals surface area (Å²) in [7, 11) is 4.99. The third-order valence-electron chi connectivity index (χ3n) is 0.600. The number of aliphatic hydroxyl groups excluding tert-OH is 2. The Kier molecular flexibility index (Phi) is 4.71. The minimum absolute atomic E-state index is 0.0579. The predicted molar refractivity (Wildman–Crippen MR) is 31.3 cm³/mol. The Labute approximate surface area is 48.2 Å². The molecule has 0 aliphatic heterocycles. The van der Waals surface area contributed by atoms with Crippen molar-refractivity contribution in [2.45, 2.75) is 5.25 Å². The molecule has 0 unspecified atom stereocenters. The van der Waals surface area contributed by atoms with Crippen LogP contribution in [0.15, 0.2) is 0 Å². The first-order chi connectivity index (χ1) is 3.35. The van der Waals surface area contributed by atoms with Crippen molar-refractivity contribution in [2.24, 2.45) is 0 Å².